The van der Waals surface area contributed by atoms with Gasteiger partial charge in [0.2, 0.25) is 5.43 Å². The number of nitrogens with zero attached hydrogens (tertiary/aromatic N) is 2. The van der Waals surface area contributed by atoms with Crippen LogP contribution in [0, 0.1) is 11.2 Å². The van der Waals surface area contributed by atoms with Gasteiger partial charge in [0.1, 0.15) is 17.6 Å². The monoisotopic (exact) mass is 409 g/mol. The van der Waals surface area contributed by atoms with Crippen LogP contribution in [0.3, 0.4) is 0 Å². The van der Waals surface area contributed by atoms with Crippen molar-refractivity contribution >= 4 is 34.2 Å². The molecule has 1 spiro atoms. The highest BCUT2D eigenvalue weighted by atomic mass is 35.5. The van der Waals surface area contributed by atoms with Gasteiger partial charge >= 0.3 is 5.97 Å². The number of aromatic carboxylic acids is 1. The Morgan fingerprint density at radius 1 is 1.39 bits per heavy atom. The van der Waals surface area contributed by atoms with Crippen molar-refractivity contribution in [2.45, 2.75) is 37.5 Å². The van der Waals surface area contributed by atoms with Gasteiger partial charge in [0, 0.05) is 37.2 Å². The second-order valence-corrected chi connectivity index (χ2v) is 8.55. The summed E-state index contributed by atoms with van der Waals surface area (Å²) in [4.78, 5) is 25.8. The van der Waals surface area contributed by atoms with Crippen LogP contribution in [0.4, 0.5) is 14.5 Å². The van der Waals surface area contributed by atoms with Crippen LogP contribution in [0.1, 0.15) is 35.7 Å². The first-order chi connectivity index (χ1) is 13.2. The SMILES string of the molecule is NC1CN(c2c(F)cc3c(=O)c(C(=O)O)cn([C@@H]4C[C@H]4F)c3c2Cl)CC12CC2. The van der Waals surface area contributed by atoms with Gasteiger partial charge in [-0.25, -0.2) is 13.6 Å². The highest BCUT2D eigenvalue weighted by Gasteiger charge is 2.54. The first-order valence-electron chi connectivity index (χ1n) is 9.18. The van der Waals surface area contributed by atoms with Gasteiger partial charge in [-0.3, -0.25) is 4.79 Å². The molecule has 2 aromatic rings. The number of hydrogen-bond donors (Lipinski definition) is 2. The van der Waals surface area contributed by atoms with E-state index < -0.39 is 35.0 Å². The average Bonchev–Trinajstić information content (AvgIpc) is 3.51. The van der Waals surface area contributed by atoms with Gasteiger partial charge in [-0.05, 0) is 18.9 Å². The third-order valence-corrected chi connectivity index (χ3v) is 6.73. The van der Waals surface area contributed by atoms with E-state index in [0.717, 1.165) is 25.1 Å². The van der Waals surface area contributed by atoms with Gasteiger partial charge in [0.05, 0.1) is 27.7 Å². The van der Waals surface area contributed by atoms with Crippen LogP contribution < -0.4 is 16.1 Å². The molecule has 1 unspecified atom stereocenters. The number of anilines is 1. The fourth-order valence-electron chi connectivity index (χ4n) is 4.43. The van der Waals surface area contributed by atoms with Crippen LogP contribution in [0.15, 0.2) is 17.1 Å². The molecule has 1 saturated heterocycles. The Balaban J connectivity index is 1.75. The maximum atomic E-state index is 15.0. The molecule has 1 aromatic heterocycles. The van der Waals surface area contributed by atoms with E-state index in [-0.39, 0.29) is 39.5 Å². The first-order valence-corrected chi connectivity index (χ1v) is 9.56. The van der Waals surface area contributed by atoms with Gasteiger partial charge in [0.25, 0.3) is 0 Å². The standard InChI is InChI=1S/C19H18ClF2N3O3/c20-14-15-8(17(26)9(18(27)28)5-25(15)12-4-10(12)21)3-11(22)16(14)24-6-13(23)19(7-24)1-2-19/h3,5,10,12-13H,1-2,4,6-7,23H2,(H,27,28)/t10-,12-,13?/m1/s1. The quantitative estimate of drug-likeness (QED) is 0.813. The van der Waals surface area contributed by atoms with E-state index in [1.165, 1.54) is 4.57 Å². The van der Waals surface area contributed by atoms with Crippen molar-refractivity contribution in [2.24, 2.45) is 11.1 Å². The van der Waals surface area contributed by atoms with Crippen molar-refractivity contribution in [3.63, 3.8) is 0 Å². The van der Waals surface area contributed by atoms with Crippen molar-refractivity contribution in [3.8, 4) is 0 Å². The number of alkyl halides is 1. The molecule has 0 amide bonds. The van der Waals surface area contributed by atoms with Crippen LogP contribution in [-0.4, -0.2) is 40.9 Å². The molecule has 6 nitrogen and oxygen atoms in total. The molecule has 2 heterocycles. The van der Waals surface area contributed by atoms with Crippen LogP contribution in [0.2, 0.25) is 5.02 Å². The Bertz CT molecular complexity index is 1100. The number of benzene rings is 1. The maximum Gasteiger partial charge on any atom is 0.341 e. The predicted molar refractivity (Wildman–Crippen MR) is 101 cm³/mol. The number of carboxylic acids is 1. The lowest BCUT2D eigenvalue weighted by Crippen LogP contribution is -2.30. The van der Waals surface area contributed by atoms with Crippen molar-refractivity contribution in [2.75, 3.05) is 18.0 Å². The van der Waals surface area contributed by atoms with Crippen molar-refractivity contribution in [3.05, 3.63) is 38.9 Å². The molecular weight excluding hydrogens is 392 g/mol. The minimum absolute atomic E-state index is 0.00645. The van der Waals surface area contributed by atoms with Crippen molar-refractivity contribution in [1.82, 2.24) is 4.57 Å². The van der Waals surface area contributed by atoms with E-state index in [4.69, 9.17) is 17.3 Å². The van der Waals surface area contributed by atoms with Gasteiger partial charge < -0.3 is 20.3 Å². The van der Waals surface area contributed by atoms with E-state index in [2.05, 4.69) is 0 Å². The molecular formula is C19H18ClF2N3O3. The van der Waals surface area contributed by atoms with Crippen LogP contribution >= 0.6 is 11.6 Å². The summed E-state index contributed by atoms with van der Waals surface area (Å²) in [5.74, 6) is -2.15. The van der Waals surface area contributed by atoms with Crippen LogP contribution in [0.5, 0.6) is 0 Å². The normalized spacial score (nSPS) is 27.6. The van der Waals surface area contributed by atoms with Gasteiger partial charge in [-0.2, -0.15) is 0 Å². The zero-order valence-electron chi connectivity index (χ0n) is 14.8. The summed E-state index contributed by atoms with van der Waals surface area (Å²) in [5.41, 5.74) is 5.15. The summed E-state index contributed by atoms with van der Waals surface area (Å²) in [6, 6.07) is 0.308. The third kappa shape index (κ3) is 2.40. The fraction of sp³-hybridized carbons (Fsp3) is 0.474. The number of carboxylic acid groups (broad SMARTS) is 1. The van der Waals surface area contributed by atoms with Crippen molar-refractivity contribution in [1.29, 1.82) is 0 Å². The molecule has 28 heavy (non-hydrogen) atoms. The first kappa shape index (κ1) is 17.9. The zero-order chi connectivity index (χ0) is 20.0. The Labute approximate surface area is 163 Å². The lowest BCUT2D eigenvalue weighted by atomic mass is 10.0. The number of fused-ring (bicyclic) bond motifs is 1. The highest BCUT2D eigenvalue weighted by molar-refractivity contribution is 6.38. The Morgan fingerprint density at radius 3 is 2.61 bits per heavy atom. The fourth-order valence-corrected chi connectivity index (χ4v) is 4.84. The van der Waals surface area contributed by atoms with Crippen LogP contribution in [-0.2, 0) is 0 Å². The van der Waals surface area contributed by atoms with E-state index in [9.17, 15) is 19.1 Å². The number of carbonyl (C=O) groups is 1. The van der Waals surface area contributed by atoms with Crippen LogP contribution in [0.25, 0.3) is 10.9 Å². The van der Waals surface area contributed by atoms with Gasteiger partial charge in [-0.1, -0.05) is 11.6 Å². The van der Waals surface area contributed by atoms with Crippen molar-refractivity contribution < 1.29 is 18.7 Å². The molecule has 5 rings (SSSR count). The van der Waals surface area contributed by atoms with Gasteiger partial charge in [-0.15, -0.1) is 0 Å². The number of halogens is 3. The van der Waals surface area contributed by atoms with E-state index >= 15 is 4.39 Å². The number of pyridine rings is 1. The number of rotatable bonds is 3. The second-order valence-electron chi connectivity index (χ2n) is 8.17. The Kier molecular flexibility index (Phi) is 3.62. The van der Waals surface area contributed by atoms with E-state index in [0.29, 0.717) is 13.1 Å². The number of hydrogen-bond acceptors (Lipinski definition) is 4. The molecule has 3 fully saturated rings. The molecule has 3 N–H and O–H groups in total. The molecule has 3 aliphatic rings. The molecule has 3 atom stereocenters. The zero-order valence-corrected chi connectivity index (χ0v) is 15.5. The third-order valence-electron chi connectivity index (χ3n) is 6.37. The second kappa shape index (κ2) is 5.67. The summed E-state index contributed by atoms with van der Waals surface area (Å²) in [7, 11) is 0. The Hall–Kier alpha value is -2.19. The smallest absolute Gasteiger partial charge is 0.341 e. The minimum Gasteiger partial charge on any atom is -0.477 e. The molecule has 9 heteroatoms. The Morgan fingerprint density at radius 2 is 2.07 bits per heavy atom. The molecule has 2 saturated carbocycles. The predicted octanol–water partition coefficient (Wildman–Crippen LogP) is 2.70. The molecule has 1 aromatic carbocycles. The number of aromatic nitrogens is 1. The summed E-state index contributed by atoms with van der Waals surface area (Å²) in [6.45, 7) is 1.01. The average molecular weight is 410 g/mol. The number of nitrogens with two attached hydrogens (primary N) is 1. The molecule has 0 bridgehead atoms. The molecule has 1 aliphatic heterocycles. The molecule has 148 valence electrons. The summed E-state index contributed by atoms with van der Waals surface area (Å²) in [6.07, 6.45) is 2.11. The molecule has 0 radical (unpaired) electrons. The topological polar surface area (TPSA) is 88.6 Å². The summed E-state index contributed by atoms with van der Waals surface area (Å²) < 4.78 is 30.2. The minimum atomic E-state index is -1.45. The maximum absolute atomic E-state index is 15.0. The summed E-state index contributed by atoms with van der Waals surface area (Å²) >= 11 is 6.56. The highest BCUT2D eigenvalue weighted by Crippen LogP contribution is 2.54. The largest absolute Gasteiger partial charge is 0.477 e. The van der Waals surface area contributed by atoms with Gasteiger partial charge in [0.15, 0.2) is 0 Å². The summed E-state index contributed by atoms with van der Waals surface area (Å²) in [5, 5.41) is 9.16. The molecule has 2 aliphatic carbocycles. The van der Waals surface area contributed by atoms with E-state index in [1.54, 1.807) is 4.90 Å². The lowest BCUT2D eigenvalue weighted by Gasteiger charge is -2.23. The lowest BCUT2D eigenvalue weighted by molar-refractivity contribution is 0.0694. The van der Waals surface area contributed by atoms with E-state index in [1.807, 2.05) is 0 Å².